The highest BCUT2D eigenvalue weighted by Gasteiger charge is 2.24. The van der Waals surface area contributed by atoms with Gasteiger partial charge in [-0.25, -0.2) is 0 Å². The van der Waals surface area contributed by atoms with Crippen LogP contribution < -0.4 is 4.74 Å². The van der Waals surface area contributed by atoms with E-state index in [1.165, 1.54) is 0 Å². The van der Waals surface area contributed by atoms with Gasteiger partial charge in [0.15, 0.2) is 0 Å². The molecule has 86 valence electrons. The molecule has 1 heterocycles. The largest absolute Gasteiger partial charge is 0.488 e. The minimum absolute atomic E-state index is 0.309. The number of hydrogen-bond acceptors (Lipinski definition) is 3. The smallest absolute Gasteiger partial charge is 0.150 e. The molecule has 1 aromatic heterocycles. The van der Waals surface area contributed by atoms with E-state index in [4.69, 9.17) is 4.74 Å². The third kappa shape index (κ3) is 2.00. The first kappa shape index (κ1) is 10.3. The predicted octanol–water partition coefficient (Wildman–Crippen LogP) is 2.90. The summed E-state index contributed by atoms with van der Waals surface area (Å²) in [5.74, 6) is 0.729. The van der Waals surface area contributed by atoms with Crippen molar-refractivity contribution < 1.29 is 9.53 Å². The average Bonchev–Trinajstić information content (AvgIpc) is 3.12. The van der Waals surface area contributed by atoms with Gasteiger partial charge in [-0.1, -0.05) is 0 Å². The number of pyridine rings is 1. The van der Waals surface area contributed by atoms with Crippen LogP contribution >= 0.6 is 0 Å². The zero-order valence-electron chi connectivity index (χ0n) is 9.64. The lowest BCUT2D eigenvalue weighted by Crippen LogP contribution is -1.99. The summed E-state index contributed by atoms with van der Waals surface area (Å²) in [6, 6.07) is 5.65. The first-order valence-corrected chi connectivity index (χ1v) is 5.78. The van der Waals surface area contributed by atoms with Gasteiger partial charge in [-0.05, 0) is 43.5 Å². The number of rotatable bonds is 3. The quantitative estimate of drug-likeness (QED) is 0.757. The van der Waals surface area contributed by atoms with Gasteiger partial charge in [0.1, 0.15) is 17.6 Å². The van der Waals surface area contributed by atoms with Crippen LogP contribution in [0.4, 0.5) is 0 Å². The van der Waals surface area contributed by atoms with Crippen molar-refractivity contribution in [3.8, 4) is 5.75 Å². The summed E-state index contributed by atoms with van der Waals surface area (Å²) in [6.45, 7) is 1.99. The minimum atomic E-state index is 0.309. The maximum Gasteiger partial charge on any atom is 0.150 e. The van der Waals surface area contributed by atoms with Crippen molar-refractivity contribution in [3.63, 3.8) is 0 Å². The maximum absolute atomic E-state index is 10.9. The molecule has 1 aromatic carbocycles. The zero-order chi connectivity index (χ0) is 11.8. The SMILES string of the molecule is Cc1cnc2c(OC3CC3)cc(C=O)cc2c1. The maximum atomic E-state index is 10.9. The molecule has 0 unspecified atom stereocenters. The van der Waals surface area contributed by atoms with Crippen molar-refractivity contribution in [1.82, 2.24) is 4.98 Å². The molecule has 0 atom stereocenters. The van der Waals surface area contributed by atoms with Gasteiger partial charge in [0.2, 0.25) is 0 Å². The summed E-state index contributed by atoms with van der Waals surface area (Å²) in [4.78, 5) is 15.3. The number of ether oxygens (including phenoxy) is 1. The van der Waals surface area contributed by atoms with Crippen LogP contribution in [0.5, 0.6) is 5.75 Å². The first-order chi connectivity index (χ1) is 8.26. The lowest BCUT2D eigenvalue weighted by atomic mass is 10.1. The fraction of sp³-hybridized carbons (Fsp3) is 0.286. The van der Waals surface area contributed by atoms with Crippen LogP contribution in [0.2, 0.25) is 0 Å². The van der Waals surface area contributed by atoms with Crippen molar-refractivity contribution in [2.75, 3.05) is 0 Å². The molecular weight excluding hydrogens is 214 g/mol. The molecule has 1 aliphatic rings. The summed E-state index contributed by atoms with van der Waals surface area (Å²) < 4.78 is 5.80. The zero-order valence-corrected chi connectivity index (χ0v) is 9.64. The highest BCUT2D eigenvalue weighted by molar-refractivity contribution is 5.91. The molecule has 0 N–H and O–H groups in total. The van der Waals surface area contributed by atoms with E-state index in [2.05, 4.69) is 4.98 Å². The van der Waals surface area contributed by atoms with Gasteiger partial charge in [0.05, 0.1) is 6.10 Å². The molecule has 3 rings (SSSR count). The fourth-order valence-corrected chi connectivity index (χ4v) is 1.87. The fourth-order valence-electron chi connectivity index (χ4n) is 1.87. The van der Waals surface area contributed by atoms with E-state index in [9.17, 15) is 4.79 Å². The summed E-state index contributed by atoms with van der Waals surface area (Å²) >= 11 is 0. The monoisotopic (exact) mass is 227 g/mol. The van der Waals surface area contributed by atoms with Crippen molar-refractivity contribution in [2.24, 2.45) is 0 Å². The molecule has 1 fully saturated rings. The molecule has 3 heteroatoms. The lowest BCUT2D eigenvalue weighted by molar-refractivity contribution is 0.112. The second-order valence-electron chi connectivity index (χ2n) is 4.54. The normalized spacial score (nSPS) is 14.9. The van der Waals surface area contributed by atoms with Crippen LogP contribution in [0.15, 0.2) is 24.4 Å². The van der Waals surface area contributed by atoms with Gasteiger partial charge in [0, 0.05) is 17.1 Å². The van der Waals surface area contributed by atoms with E-state index >= 15 is 0 Å². The van der Waals surface area contributed by atoms with E-state index in [1.54, 1.807) is 6.07 Å². The van der Waals surface area contributed by atoms with Crippen LogP contribution in [-0.4, -0.2) is 17.4 Å². The predicted molar refractivity (Wildman–Crippen MR) is 65.5 cm³/mol. The molecular formula is C14H13NO2. The number of aldehydes is 1. The van der Waals surface area contributed by atoms with E-state index in [1.807, 2.05) is 25.3 Å². The summed E-state index contributed by atoms with van der Waals surface area (Å²) in [6.07, 6.45) is 5.17. The number of fused-ring (bicyclic) bond motifs is 1. The van der Waals surface area contributed by atoms with E-state index < -0.39 is 0 Å². The Morgan fingerprint density at radius 2 is 2.18 bits per heavy atom. The van der Waals surface area contributed by atoms with Crippen molar-refractivity contribution in [2.45, 2.75) is 25.9 Å². The second kappa shape index (κ2) is 3.84. The number of aromatic nitrogens is 1. The molecule has 3 nitrogen and oxygen atoms in total. The van der Waals surface area contributed by atoms with Gasteiger partial charge < -0.3 is 4.74 Å². The molecule has 1 aliphatic carbocycles. The van der Waals surface area contributed by atoms with E-state index in [0.29, 0.717) is 11.7 Å². The van der Waals surface area contributed by atoms with Gasteiger partial charge in [0.25, 0.3) is 0 Å². The van der Waals surface area contributed by atoms with Crippen LogP contribution in [0, 0.1) is 6.92 Å². The lowest BCUT2D eigenvalue weighted by Gasteiger charge is -2.09. The number of aryl methyl sites for hydroxylation is 1. The molecule has 17 heavy (non-hydrogen) atoms. The minimum Gasteiger partial charge on any atom is -0.488 e. The Kier molecular flexibility index (Phi) is 2.32. The van der Waals surface area contributed by atoms with Crippen LogP contribution in [0.1, 0.15) is 28.8 Å². The van der Waals surface area contributed by atoms with Crippen molar-refractivity contribution >= 4 is 17.2 Å². The molecule has 0 saturated heterocycles. The van der Waals surface area contributed by atoms with E-state index in [-0.39, 0.29) is 0 Å². The number of hydrogen-bond donors (Lipinski definition) is 0. The molecule has 2 aromatic rings. The topological polar surface area (TPSA) is 39.2 Å². The van der Waals surface area contributed by atoms with Gasteiger partial charge in [-0.3, -0.25) is 9.78 Å². The van der Waals surface area contributed by atoms with Crippen LogP contribution in [0.25, 0.3) is 10.9 Å². The molecule has 1 saturated carbocycles. The highest BCUT2D eigenvalue weighted by atomic mass is 16.5. The Bertz CT molecular complexity index is 588. The van der Waals surface area contributed by atoms with Crippen molar-refractivity contribution in [3.05, 3.63) is 35.5 Å². The Balaban J connectivity index is 2.18. The number of carbonyl (C=O) groups excluding carboxylic acids is 1. The Hall–Kier alpha value is -1.90. The first-order valence-electron chi connectivity index (χ1n) is 5.78. The average molecular weight is 227 g/mol. The van der Waals surface area contributed by atoms with E-state index in [0.717, 1.165) is 41.3 Å². The molecule has 0 radical (unpaired) electrons. The van der Waals surface area contributed by atoms with Crippen LogP contribution in [0.3, 0.4) is 0 Å². The van der Waals surface area contributed by atoms with Gasteiger partial charge >= 0.3 is 0 Å². The standard InChI is InChI=1S/C14H13NO2/c1-9-4-11-5-10(8-16)6-13(14(11)15-7-9)17-12-2-3-12/h4-8,12H,2-3H2,1H3. The number of carbonyl (C=O) groups is 1. The Labute approximate surface area is 99.4 Å². The third-order valence-electron chi connectivity index (χ3n) is 2.86. The summed E-state index contributed by atoms with van der Waals surface area (Å²) in [7, 11) is 0. The molecule has 0 spiro atoms. The summed E-state index contributed by atoms with van der Waals surface area (Å²) in [5.41, 5.74) is 2.56. The number of benzene rings is 1. The third-order valence-corrected chi connectivity index (χ3v) is 2.86. The summed E-state index contributed by atoms with van der Waals surface area (Å²) in [5, 5.41) is 0.963. The van der Waals surface area contributed by atoms with Gasteiger partial charge in [-0.2, -0.15) is 0 Å². The molecule has 0 amide bonds. The Morgan fingerprint density at radius 3 is 2.88 bits per heavy atom. The van der Waals surface area contributed by atoms with Crippen LogP contribution in [-0.2, 0) is 0 Å². The number of nitrogens with zero attached hydrogens (tertiary/aromatic N) is 1. The van der Waals surface area contributed by atoms with Crippen molar-refractivity contribution in [1.29, 1.82) is 0 Å². The Morgan fingerprint density at radius 1 is 1.35 bits per heavy atom. The van der Waals surface area contributed by atoms with Gasteiger partial charge in [-0.15, -0.1) is 0 Å². The second-order valence-corrected chi connectivity index (χ2v) is 4.54. The molecule has 0 bridgehead atoms. The highest BCUT2D eigenvalue weighted by Crippen LogP contribution is 2.32. The molecule has 0 aliphatic heterocycles.